The predicted octanol–water partition coefficient (Wildman–Crippen LogP) is 0.975. The van der Waals surface area contributed by atoms with Crippen LogP contribution in [0.15, 0.2) is 58.4 Å². The summed E-state index contributed by atoms with van der Waals surface area (Å²) in [5, 5.41) is 3.80. The van der Waals surface area contributed by atoms with E-state index in [2.05, 4.69) is 15.3 Å². The highest BCUT2D eigenvalue weighted by Gasteiger charge is 2.52. The van der Waals surface area contributed by atoms with Crippen LogP contribution in [0.4, 0.5) is 0 Å². The molecule has 10 nitrogen and oxygen atoms in total. The molecule has 4 heterocycles. The number of H-pyrrole nitrogens is 1. The molecule has 1 amide bonds. The Hall–Kier alpha value is -3.34. The van der Waals surface area contributed by atoms with Gasteiger partial charge in [-0.1, -0.05) is 18.2 Å². The number of hydrogen-bond acceptors (Lipinski definition) is 7. The van der Waals surface area contributed by atoms with Crippen LogP contribution in [0.3, 0.4) is 0 Å². The summed E-state index contributed by atoms with van der Waals surface area (Å²) >= 11 is 0. The Labute approximate surface area is 188 Å². The van der Waals surface area contributed by atoms with Crippen molar-refractivity contribution in [2.75, 3.05) is 13.2 Å². The molecule has 33 heavy (non-hydrogen) atoms. The topological polar surface area (TPSA) is 125 Å². The van der Waals surface area contributed by atoms with Crippen LogP contribution in [0.1, 0.15) is 30.2 Å². The van der Waals surface area contributed by atoms with Crippen LogP contribution in [0, 0.1) is 0 Å². The van der Waals surface area contributed by atoms with Crippen molar-refractivity contribution in [2.45, 2.75) is 44.0 Å². The summed E-state index contributed by atoms with van der Waals surface area (Å²) in [6.45, 7) is 3.92. The largest absolute Gasteiger partial charge is 0.371 e. The third-order valence-electron chi connectivity index (χ3n) is 5.94. The van der Waals surface area contributed by atoms with Crippen LogP contribution >= 0.6 is 0 Å². The van der Waals surface area contributed by atoms with E-state index in [4.69, 9.17) is 14.2 Å². The molecule has 0 unspecified atom stereocenters. The molecule has 2 aliphatic heterocycles. The van der Waals surface area contributed by atoms with Crippen molar-refractivity contribution in [1.82, 2.24) is 19.9 Å². The Bertz CT molecular complexity index is 1310. The number of pyridine rings is 1. The molecule has 0 radical (unpaired) electrons. The predicted molar refractivity (Wildman–Crippen MR) is 118 cm³/mol. The average molecular weight is 452 g/mol. The fourth-order valence-corrected chi connectivity index (χ4v) is 4.49. The smallest absolute Gasteiger partial charge is 0.328 e. The number of para-hydroxylation sites is 1. The zero-order valence-electron chi connectivity index (χ0n) is 18.2. The summed E-state index contributed by atoms with van der Waals surface area (Å²) in [7, 11) is 0. The lowest BCUT2D eigenvalue weighted by Gasteiger charge is -2.37. The van der Waals surface area contributed by atoms with E-state index in [-0.39, 0.29) is 19.1 Å². The standard InChI is InChI=1S/C23H24N4O6/c1-23(2)32-19-15(27-10-8-17(28)26-22(27)30)12-31-16(20(19)33-23)11-25-21(29)14-7-3-5-13-6-4-9-24-18(13)14/h3-10,15-16,19-20H,11-12H2,1-2H3,(H,25,29)(H,26,28,30)/t15-,16-,19+,20-/m1/s1. The molecule has 0 spiro atoms. The SMILES string of the molecule is CC1(C)O[C@@H]2[C@H](O1)[C@@H](CNC(=O)c1cccc3cccnc13)OC[C@H]2n1ccc(=O)[nH]c1=O. The van der Waals surface area contributed by atoms with Crippen LogP contribution in [-0.4, -0.2) is 57.7 Å². The lowest BCUT2D eigenvalue weighted by molar-refractivity contribution is -0.153. The summed E-state index contributed by atoms with van der Waals surface area (Å²) < 4.78 is 19.6. The maximum atomic E-state index is 12.9. The minimum Gasteiger partial charge on any atom is -0.371 e. The molecule has 2 saturated heterocycles. The third-order valence-corrected chi connectivity index (χ3v) is 5.94. The average Bonchev–Trinajstić information content (AvgIpc) is 3.12. The lowest BCUT2D eigenvalue weighted by Crippen LogP contribution is -2.54. The summed E-state index contributed by atoms with van der Waals surface area (Å²) in [6.07, 6.45) is 1.57. The van der Waals surface area contributed by atoms with Gasteiger partial charge in [0.25, 0.3) is 11.5 Å². The van der Waals surface area contributed by atoms with Crippen molar-refractivity contribution < 1.29 is 19.0 Å². The Morgan fingerprint density at radius 1 is 1.18 bits per heavy atom. The van der Waals surface area contributed by atoms with Crippen molar-refractivity contribution >= 4 is 16.8 Å². The first-order chi connectivity index (χ1) is 15.8. The van der Waals surface area contributed by atoms with Crippen LogP contribution in [0.5, 0.6) is 0 Å². The van der Waals surface area contributed by atoms with Gasteiger partial charge in [-0.15, -0.1) is 0 Å². The molecule has 5 rings (SSSR count). The van der Waals surface area contributed by atoms with Gasteiger partial charge in [-0.05, 0) is 26.0 Å². The van der Waals surface area contributed by atoms with E-state index in [1.165, 1.54) is 16.8 Å². The van der Waals surface area contributed by atoms with Gasteiger partial charge in [-0.3, -0.25) is 24.1 Å². The fraction of sp³-hybridized carbons (Fsp3) is 0.391. The normalized spacial score (nSPS) is 26.1. The summed E-state index contributed by atoms with van der Waals surface area (Å²) in [4.78, 5) is 43.3. The van der Waals surface area contributed by atoms with Crippen molar-refractivity contribution in [3.8, 4) is 0 Å². The van der Waals surface area contributed by atoms with Crippen molar-refractivity contribution in [2.24, 2.45) is 0 Å². The highest BCUT2D eigenvalue weighted by molar-refractivity contribution is 6.05. The second-order valence-electron chi connectivity index (χ2n) is 8.61. The van der Waals surface area contributed by atoms with Gasteiger partial charge in [-0.2, -0.15) is 0 Å². The fourth-order valence-electron chi connectivity index (χ4n) is 4.49. The van der Waals surface area contributed by atoms with Gasteiger partial charge in [-0.25, -0.2) is 4.79 Å². The third kappa shape index (κ3) is 4.08. The lowest BCUT2D eigenvalue weighted by atomic mass is 9.97. The van der Waals surface area contributed by atoms with Gasteiger partial charge in [0, 0.05) is 30.4 Å². The zero-order chi connectivity index (χ0) is 23.2. The van der Waals surface area contributed by atoms with Crippen molar-refractivity contribution in [1.29, 1.82) is 0 Å². The number of hydrogen-bond donors (Lipinski definition) is 2. The molecule has 4 atom stereocenters. The number of amides is 1. The Balaban J connectivity index is 1.35. The number of nitrogens with one attached hydrogen (secondary N) is 2. The maximum Gasteiger partial charge on any atom is 0.328 e. The van der Waals surface area contributed by atoms with Crippen molar-refractivity contribution in [3.05, 3.63) is 75.2 Å². The van der Waals surface area contributed by atoms with Crippen molar-refractivity contribution in [3.63, 3.8) is 0 Å². The highest BCUT2D eigenvalue weighted by atomic mass is 16.8. The molecule has 0 aliphatic carbocycles. The summed E-state index contributed by atoms with van der Waals surface area (Å²) in [6, 6.07) is 9.96. The molecule has 2 aromatic heterocycles. The van der Waals surface area contributed by atoms with E-state index in [9.17, 15) is 14.4 Å². The number of carbonyl (C=O) groups excluding carboxylic acids is 1. The Morgan fingerprint density at radius 3 is 2.79 bits per heavy atom. The van der Waals surface area contributed by atoms with Crippen LogP contribution in [-0.2, 0) is 14.2 Å². The molecular formula is C23H24N4O6. The van der Waals surface area contributed by atoms with E-state index < -0.39 is 41.4 Å². The molecule has 3 aromatic rings. The van der Waals surface area contributed by atoms with E-state index in [1.807, 2.05) is 24.3 Å². The van der Waals surface area contributed by atoms with E-state index in [0.29, 0.717) is 11.1 Å². The minimum absolute atomic E-state index is 0.156. The molecule has 0 bridgehead atoms. The molecule has 1 aromatic carbocycles. The number of aromatic nitrogens is 3. The van der Waals surface area contributed by atoms with Crippen LogP contribution in [0.25, 0.3) is 10.9 Å². The first kappa shape index (κ1) is 21.5. The van der Waals surface area contributed by atoms with E-state index in [1.54, 1.807) is 26.1 Å². The number of benzene rings is 1. The maximum absolute atomic E-state index is 12.9. The number of aromatic amines is 1. The number of rotatable bonds is 4. The number of nitrogens with zero attached hydrogens (tertiary/aromatic N) is 2. The van der Waals surface area contributed by atoms with Gasteiger partial charge in [0.15, 0.2) is 5.79 Å². The van der Waals surface area contributed by atoms with Gasteiger partial charge >= 0.3 is 5.69 Å². The van der Waals surface area contributed by atoms with Gasteiger partial charge in [0.1, 0.15) is 18.3 Å². The second-order valence-corrected chi connectivity index (χ2v) is 8.61. The number of carbonyl (C=O) groups is 1. The second kappa shape index (κ2) is 8.22. The summed E-state index contributed by atoms with van der Waals surface area (Å²) in [5.41, 5.74) is 0.0800. The monoisotopic (exact) mass is 452 g/mol. The van der Waals surface area contributed by atoms with Gasteiger partial charge in [0.2, 0.25) is 0 Å². The van der Waals surface area contributed by atoms with Gasteiger partial charge < -0.3 is 19.5 Å². The van der Waals surface area contributed by atoms with Crippen LogP contribution < -0.4 is 16.6 Å². The number of fused-ring (bicyclic) bond motifs is 2. The molecular weight excluding hydrogens is 428 g/mol. The summed E-state index contributed by atoms with van der Waals surface area (Å²) in [5.74, 6) is -1.16. The van der Waals surface area contributed by atoms with Crippen LogP contribution in [0.2, 0.25) is 0 Å². The Morgan fingerprint density at radius 2 is 1.97 bits per heavy atom. The molecule has 172 valence electrons. The zero-order valence-corrected chi connectivity index (χ0v) is 18.2. The minimum atomic E-state index is -0.894. The molecule has 0 saturated carbocycles. The van der Waals surface area contributed by atoms with E-state index >= 15 is 0 Å². The molecule has 2 N–H and O–H groups in total. The quantitative estimate of drug-likeness (QED) is 0.604. The molecule has 10 heteroatoms. The first-order valence-corrected chi connectivity index (χ1v) is 10.7. The molecule has 2 fully saturated rings. The first-order valence-electron chi connectivity index (χ1n) is 10.7. The molecule has 2 aliphatic rings. The number of ether oxygens (including phenoxy) is 3. The Kier molecular flexibility index (Phi) is 5.35. The highest BCUT2D eigenvalue weighted by Crippen LogP contribution is 2.39. The van der Waals surface area contributed by atoms with Gasteiger partial charge in [0.05, 0.1) is 23.7 Å². The van der Waals surface area contributed by atoms with E-state index in [0.717, 1.165) is 5.39 Å².